The SMILES string of the molecule is Cc1ccccc1C(O)CNC1CCCC1C. The Balaban J connectivity index is 1.89. The number of hydrogen-bond acceptors (Lipinski definition) is 2. The molecule has 2 rings (SSSR count). The Morgan fingerprint density at radius 2 is 2.12 bits per heavy atom. The summed E-state index contributed by atoms with van der Waals surface area (Å²) in [5, 5.41) is 13.7. The molecule has 1 aromatic rings. The molecule has 1 aromatic carbocycles. The second-order valence-corrected chi connectivity index (χ2v) is 5.30. The normalized spacial score (nSPS) is 26.1. The zero-order valence-corrected chi connectivity index (χ0v) is 10.8. The Morgan fingerprint density at radius 1 is 1.35 bits per heavy atom. The van der Waals surface area contributed by atoms with Crippen LogP contribution in [0.4, 0.5) is 0 Å². The number of rotatable bonds is 4. The minimum Gasteiger partial charge on any atom is -0.387 e. The van der Waals surface area contributed by atoms with Gasteiger partial charge in [0.05, 0.1) is 6.10 Å². The van der Waals surface area contributed by atoms with E-state index in [0.29, 0.717) is 12.6 Å². The smallest absolute Gasteiger partial charge is 0.0917 e. The number of aryl methyl sites for hydroxylation is 1. The summed E-state index contributed by atoms with van der Waals surface area (Å²) in [6.45, 7) is 5.02. The summed E-state index contributed by atoms with van der Waals surface area (Å²) < 4.78 is 0. The molecule has 3 atom stereocenters. The number of aliphatic hydroxyl groups is 1. The summed E-state index contributed by atoms with van der Waals surface area (Å²) in [5.41, 5.74) is 2.21. The van der Waals surface area contributed by atoms with Crippen molar-refractivity contribution in [2.24, 2.45) is 5.92 Å². The van der Waals surface area contributed by atoms with Gasteiger partial charge < -0.3 is 10.4 Å². The highest BCUT2D eigenvalue weighted by atomic mass is 16.3. The number of nitrogens with one attached hydrogen (secondary N) is 1. The molecule has 1 fully saturated rings. The van der Waals surface area contributed by atoms with Gasteiger partial charge in [0, 0.05) is 12.6 Å². The van der Waals surface area contributed by atoms with Crippen molar-refractivity contribution in [3.8, 4) is 0 Å². The summed E-state index contributed by atoms with van der Waals surface area (Å²) in [6, 6.07) is 8.66. The highest BCUT2D eigenvalue weighted by molar-refractivity contribution is 5.27. The van der Waals surface area contributed by atoms with E-state index in [1.807, 2.05) is 18.2 Å². The first kappa shape index (κ1) is 12.6. The standard InChI is InChI=1S/C15H23NO/c1-11-6-3-4-8-13(11)15(17)10-16-14-9-5-7-12(14)2/h3-4,6,8,12,14-17H,5,7,9-10H2,1-2H3. The summed E-state index contributed by atoms with van der Waals surface area (Å²) in [6.07, 6.45) is 3.50. The van der Waals surface area contributed by atoms with Crippen molar-refractivity contribution in [1.29, 1.82) is 0 Å². The van der Waals surface area contributed by atoms with Crippen molar-refractivity contribution >= 4 is 0 Å². The molecule has 1 aliphatic rings. The van der Waals surface area contributed by atoms with Crippen molar-refractivity contribution in [2.75, 3.05) is 6.54 Å². The maximum atomic E-state index is 10.2. The summed E-state index contributed by atoms with van der Waals surface area (Å²) in [4.78, 5) is 0. The molecule has 0 aromatic heterocycles. The Morgan fingerprint density at radius 3 is 2.76 bits per heavy atom. The molecular weight excluding hydrogens is 210 g/mol. The first-order valence-electron chi connectivity index (χ1n) is 6.65. The zero-order valence-electron chi connectivity index (χ0n) is 10.8. The molecule has 0 saturated heterocycles. The molecule has 0 bridgehead atoms. The lowest BCUT2D eigenvalue weighted by Crippen LogP contribution is -2.34. The van der Waals surface area contributed by atoms with E-state index in [4.69, 9.17) is 0 Å². The van der Waals surface area contributed by atoms with Gasteiger partial charge in [-0.1, -0.05) is 37.6 Å². The van der Waals surface area contributed by atoms with Crippen molar-refractivity contribution in [2.45, 2.75) is 45.3 Å². The van der Waals surface area contributed by atoms with E-state index in [1.54, 1.807) is 0 Å². The van der Waals surface area contributed by atoms with Gasteiger partial charge in [0.2, 0.25) is 0 Å². The molecule has 0 aliphatic heterocycles. The third-order valence-corrected chi connectivity index (χ3v) is 3.98. The van der Waals surface area contributed by atoms with Crippen LogP contribution in [0.2, 0.25) is 0 Å². The van der Waals surface area contributed by atoms with Gasteiger partial charge in [-0.3, -0.25) is 0 Å². The maximum absolute atomic E-state index is 10.2. The first-order chi connectivity index (χ1) is 8.18. The van der Waals surface area contributed by atoms with Crippen LogP contribution in [0.25, 0.3) is 0 Å². The molecule has 2 N–H and O–H groups in total. The number of aliphatic hydroxyl groups excluding tert-OH is 1. The van der Waals surface area contributed by atoms with Gasteiger partial charge >= 0.3 is 0 Å². The molecule has 17 heavy (non-hydrogen) atoms. The third-order valence-electron chi connectivity index (χ3n) is 3.98. The average Bonchev–Trinajstić information content (AvgIpc) is 2.72. The Labute approximate surface area is 104 Å². The van der Waals surface area contributed by atoms with Crippen LogP contribution in [0, 0.1) is 12.8 Å². The van der Waals surface area contributed by atoms with Crippen LogP contribution < -0.4 is 5.32 Å². The second kappa shape index (κ2) is 5.65. The van der Waals surface area contributed by atoms with Crippen LogP contribution in [0.1, 0.15) is 43.4 Å². The summed E-state index contributed by atoms with van der Waals surface area (Å²) in [5.74, 6) is 0.749. The van der Waals surface area contributed by atoms with Gasteiger partial charge in [-0.25, -0.2) is 0 Å². The van der Waals surface area contributed by atoms with Crippen LogP contribution in [0.3, 0.4) is 0 Å². The highest BCUT2D eigenvalue weighted by Crippen LogP contribution is 2.25. The lowest BCUT2D eigenvalue weighted by molar-refractivity contribution is 0.166. The topological polar surface area (TPSA) is 32.3 Å². The van der Waals surface area contributed by atoms with Crippen LogP contribution in [0.5, 0.6) is 0 Å². The highest BCUT2D eigenvalue weighted by Gasteiger charge is 2.23. The largest absolute Gasteiger partial charge is 0.387 e. The van der Waals surface area contributed by atoms with E-state index in [0.717, 1.165) is 11.5 Å². The quantitative estimate of drug-likeness (QED) is 0.838. The van der Waals surface area contributed by atoms with Crippen LogP contribution >= 0.6 is 0 Å². The van der Waals surface area contributed by atoms with Crippen molar-refractivity contribution in [1.82, 2.24) is 5.32 Å². The molecule has 2 heteroatoms. The van der Waals surface area contributed by atoms with Crippen LogP contribution in [-0.2, 0) is 0 Å². The van der Waals surface area contributed by atoms with Crippen LogP contribution in [0.15, 0.2) is 24.3 Å². The van der Waals surface area contributed by atoms with Gasteiger partial charge in [0.15, 0.2) is 0 Å². The van der Waals surface area contributed by atoms with Gasteiger partial charge in [-0.05, 0) is 36.8 Å². The van der Waals surface area contributed by atoms with E-state index in [9.17, 15) is 5.11 Å². The monoisotopic (exact) mass is 233 g/mol. The fourth-order valence-electron chi connectivity index (χ4n) is 2.78. The summed E-state index contributed by atoms with van der Waals surface area (Å²) in [7, 11) is 0. The Kier molecular flexibility index (Phi) is 4.19. The molecule has 94 valence electrons. The lowest BCUT2D eigenvalue weighted by Gasteiger charge is -2.20. The fourth-order valence-corrected chi connectivity index (χ4v) is 2.78. The fraction of sp³-hybridized carbons (Fsp3) is 0.600. The van der Waals surface area contributed by atoms with Gasteiger partial charge in [0.1, 0.15) is 0 Å². The molecule has 1 aliphatic carbocycles. The molecule has 0 amide bonds. The zero-order chi connectivity index (χ0) is 12.3. The number of benzene rings is 1. The second-order valence-electron chi connectivity index (χ2n) is 5.30. The Hall–Kier alpha value is -0.860. The summed E-state index contributed by atoms with van der Waals surface area (Å²) >= 11 is 0. The van der Waals surface area contributed by atoms with E-state index in [2.05, 4.69) is 25.2 Å². The van der Waals surface area contributed by atoms with E-state index in [-0.39, 0.29) is 6.10 Å². The molecule has 3 unspecified atom stereocenters. The van der Waals surface area contributed by atoms with Gasteiger partial charge in [0.25, 0.3) is 0 Å². The maximum Gasteiger partial charge on any atom is 0.0917 e. The van der Waals surface area contributed by atoms with E-state index in [1.165, 1.54) is 24.8 Å². The third kappa shape index (κ3) is 3.08. The molecule has 0 radical (unpaired) electrons. The van der Waals surface area contributed by atoms with E-state index < -0.39 is 0 Å². The first-order valence-corrected chi connectivity index (χ1v) is 6.65. The lowest BCUT2D eigenvalue weighted by atomic mass is 10.0. The predicted molar refractivity (Wildman–Crippen MR) is 70.9 cm³/mol. The van der Waals surface area contributed by atoms with Crippen LogP contribution in [-0.4, -0.2) is 17.7 Å². The van der Waals surface area contributed by atoms with E-state index >= 15 is 0 Å². The number of hydrogen-bond donors (Lipinski definition) is 2. The molecular formula is C15H23NO. The van der Waals surface area contributed by atoms with Gasteiger partial charge in [-0.15, -0.1) is 0 Å². The minimum atomic E-state index is -0.385. The van der Waals surface area contributed by atoms with Crippen molar-refractivity contribution in [3.63, 3.8) is 0 Å². The molecule has 2 nitrogen and oxygen atoms in total. The average molecular weight is 233 g/mol. The Bertz CT molecular complexity index is 364. The predicted octanol–water partition coefficient (Wildman–Crippen LogP) is 2.81. The van der Waals surface area contributed by atoms with Crippen molar-refractivity contribution < 1.29 is 5.11 Å². The van der Waals surface area contributed by atoms with Gasteiger partial charge in [-0.2, -0.15) is 0 Å². The molecule has 1 saturated carbocycles. The molecule has 0 heterocycles. The minimum absolute atomic E-state index is 0.385. The molecule has 0 spiro atoms. The van der Waals surface area contributed by atoms with Crippen molar-refractivity contribution in [3.05, 3.63) is 35.4 Å².